The van der Waals surface area contributed by atoms with Crippen molar-refractivity contribution in [3.63, 3.8) is 0 Å². The maximum Gasteiger partial charge on any atom is 0.217 e. The van der Waals surface area contributed by atoms with Crippen LogP contribution in [0.2, 0.25) is 0 Å². The van der Waals surface area contributed by atoms with Gasteiger partial charge in [0.05, 0.1) is 0 Å². The van der Waals surface area contributed by atoms with Crippen LogP contribution in [0.1, 0.15) is 132 Å². The van der Waals surface area contributed by atoms with Gasteiger partial charge in [0, 0.05) is 13.0 Å². The summed E-state index contributed by atoms with van der Waals surface area (Å²) in [6.45, 7) is 17.4. The van der Waals surface area contributed by atoms with Crippen LogP contribution in [0.4, 0.5) is 0 Å². The van der Waals surface area contributed by atoms with Gasteiger partial charge in [0.25, 0.3) is 0 Å². The van der Waals surface area contributed by atoms with Crippen LogP contribution >= 0.6 is 0 Å². The Labute approximate surface area is 195 Å². The summed E-state index contributed by atoms with van der Waals surface area (Å²) in [6.07, 6.45) is 16.9. The average Bonchev–Trinajstić information content (AvgIpc) is 3.11. The van der Waals surface area contributed by atoms with Crippen molar-refractivity contribution in [1.82, 2.24) is 5.32 Å². The number of nitrogens with one attached hydrogen (secondary N) is 1. The predicted molar refractivity (Wildman–Crippen MR) is 135 cm³/mol. The molecule has 182 valence electrons. The minimum atomic E-state index is 0.162. The van der Waals surface area contributed by atoms with Crippen LogP contribution in [0, 0.1) is 40.4 Å². The molecule has 31 heavy (non-hydrogen) atoms. The first-order chi connectivity index (χ1) is 14.9. The van der Waals surface area contributed by atoms with Crippen molar-refractivity contribution < 1.29 is 4.79 Å². The summed E-state index contributed by atoms with van der Waals surface area (Å²) in [5.74, 6) is 4.96. The smallest absolute Gasteiger partial charge is 0.217 e. The SMILES string of the molecule is CC.CC.CCCCC1CCC2C3CCC4CC(NC(C)=O)CCC4(C)C3CCC12C. The number of unbranched alkanes of at least 4 members (excludes halogenated alkanes) is 1. The van der Waals surface area contributed by atoms with E-state index in [0.717, 1.165) is 29.6 Å². The highest BCUT2D eigenvalue weighted by molar-refractivity contribution is 5.73. The zero-order chi connectivity index (χ0) is 23.2. The minimum Gasteiger partial charge on any atom is -0.354 e. The summed E-state index contributed by atoms with van der Waals surface area (Å²) in [5.41, 5.74) is 1.19. The summed E-state index contributed by atoms with van der Waals surface area (Å²) in [5, 5.41) is 3.23. The molecule has 1 amide bonds. The van der Waals surface area contributed by atoms with Crippen LogP contribution in [-0.4, -0.2) is 11.9 Å². The van der Waals surface area contributed by atoms with E-state index in [1.54, 1.807) is 6.92 Å². The number of amides is 1. The van der Waals surface area contributed by atoms with E-state index in [0.29, 0.717) is 16.9 Å². The average molecular weight is 434 g/mol. The molecule has 0 aromatic rings. The Morgan fingerprint density at radius 3 is 2.16 bits per heavy atom. The van der Waals surface area contributed by atoms with Crippen molar-refractivity contribution in [2.75, 3.05) is 0 Å². The van der Waals surface area contributed by atoms with Crippen molar-refractivity contribution in [3.8, 4) is 0 Å². The van der Waals surface area contributed by atoms with Crippen LogP contribution in [0.5, 0.6) is 0 Å². The second kappa shape index (κ2) is 11.6. The molecule has 2 heteroatoms. The van der Waals surface area contributed by atoms with Gasteiger partial charge in [0.1, 0.15) is 0 Å². The molecule has 4 saturated carbocycles. The molecule has 8 unspecified atom stereocenters. The number of hydrogen-bond acceptors (Lipinski definition) is 1. The Hall–Kier alpha value is -0.530. The van der Waals surface area contributed by atoms with Gasteiger partial charge < -0.3 is 5.32 Å². The quantitative estimate of drug-likeness (QED) is 0.474. The zero-order valence-electron chi connectivity index (χ0n) is 22.4. The number of carbonyl (C=O) groups excluding carboxylic acids is 1. The molecule has 4 fully saturated rings. The molecular formula is C29H55NO. The van der Waals surface area contributed by atoms with E-state index >= 15 is 0 Å². The third-order valence-electron chi connectivity index (χ3n) is 10.2. The molecule has 4 rings (SSSR count). The Morgan fingerprint density at radius 1 is 0.871 bits per heavy atom. The van der Waals surface area contributed by atoms with Crippen molar-refractivity contribution in [2.24, 2.45) is 40.4 Å². The van der Waals surface area contributed by atoms with E-state index in [-0.39, 0.29) is 5.91 Å². The molecule has 1 N–H and O–H groups in total. The van der Waals surface area contributed by atoms with E-state index in [9.17, 15) is 4.79 Å². The Kier molecular flexibility index (Phi) is 9.96. The molecule has 8 atom stereocenters. The fourth-order valence-corrected chi connectivity index (χ4v) is 8.71. The molecule has 0 aromatic heterocycles. The number of carbonyl (C=O) groups is 1. The monoisotopic (exact) mass is 433 g/mol. The van der Waals surface area contributed by atoms with Gasteiger partial charge in [-0.05, 0) is 105 Å². The van der Waals surface area contributed by atoms with Gasteiger partial charge in [0.15, 0.2) is 0 Å². The maximum atomic E-state index is 11.5. The van der Waals surface area contributed by atoms with Gasteiger partial charge in [-0.1, -0.05) is 61.3 Å². The largest absolute Gasteiger partial charge is 0.354 e. The molecule has 0 saturated heterocycles. The first kappa shape index (κ1) is 26.7. The lowest BCUT2D eigenvalue weighted by atomic mass is 9.44. The van der Waals surface area contributed by atoms with Gasteiger partial charge in [0.2, 0.25) is 5.91 Å². The molecule has 0 radical (unpaired) electrons. The molecule has 0 heterocycles. The van der Waals surface area contributed by atoms with Gasteiger partial charge in [-0.25, -0.2) is 0 Å². The normalized spacial score (nSPS) is 43.1. The molecule has 2 nitrogen and oxygen atoms in total. The Morgan fingerprint density at radius 2 is 1.52 bits per heavy atom. The first-order valence-electron chi connectivity index (χ1n) is 14.2. The van der Waals surface area contributed by atoms with Crippen molar-refractivity contribution in [3.05, 3.63) is 0 Å². The second-order valence-electron chi connectivity index (χ2n) is 11.3. The van der Waals surface area contributed by atoms with Crippen LogP contribution in [-0.2, 0) is 4.79 Å². The molecule has 0 bridgehead atoms. The van der Waals surface area contributed by atoms with E-state index in [2.05, 4.69) is 26.1 Å². The van der Waals surface area contributed by atoms with Gasteiger partial charge in [-0.3, -0.25) is 4.79 Å². The first-order valence-corrected chi connectivity index (χ1v) is 14.2. The molecule has 4 aliphatic rings. The van der Waals surface area contributed by atoms with Crippen LogP contribution < -0.4 is 5.32 Å². The number of rotatable bonds is 4. The molecule has 0 aromatic carbocycles. The van der Waals surface area contributed by atoms with Crippen molar-refractivity contribution in [1.29, 1.82) is 0 Å². The molecule has 4 aliphatic carbocycles. The highest BCUT2D eigenvalue weighted by Crippen LogP contribution is 2.67. The third kappa shape index (κ3) is 5.19. The fourth-order valence-electron chi connectivity index (χ4n) is 8.71. The lowest BCUT2D eigenvalue weighted by Gasteiger charge is -2.61. The van der Waals surface area contributed by atoms with E-state index in [1.807, 2.05) is 27.7 Å². The zero-order valence-corrected chi connectivity index (χ0v) is 22.4. The van der Waals surface area contributed by atoms with Gasteiger partial charge in [-0.15, -0.1) is 0 Å². The summed E-state index contributed by atoms with van der Waals surface area (Å²) < 4.78 is 0. The van der Waals surface area contributed by atoms with Gasteiger partial charge in [-0.2, -0.15) is 0 Å². The van der Waals surface area contributed by atoms with Crippen LogP contribution in [0.25, 0.3) is 0 Å². The Balaban J connectivity index is 0.000000807. The molecule has 0 spiro atoms. The summed E-state index contributed by atoms with van der Waals surface area (Å²) in [7, 11) is 0. The number of fused-ring (bicyclic) bond motifs is 5. The second-order valence-corrected chi connectivity index (χ2v) is 11.3. The van der Waals surface area contributed by atoms with Crippen LogP contribution in [0.3, 0.4) is 0 Å². The van der Waals surface area contributed by atoms with Crippen LogP contribution in [0.15, 0.2) is 0 Å². The van der Waals surface area contributed by atoms with E-state index in [1.165, 1.54) is 77.0 Å². The fraction of sp³-hybridized carbons (Fsp3) is 0.966. The van der Waals surface area contributed by atoms with E-state index < -0.39 is 0 Å². The summed E-state index contributed by atoms with van der Waals surface area (Å²) >= 11 is 0. The maximum absolute atomic E-state index is 11.5. The topological polar surface area (TPSA) is 29.1 Å². The molecule has 0 aliphatic heterocycles. The van der Waals surface area contributed by atoms with E-state index in [4.69, 9.17) is 0 Å². The molecular weight excluding hydrogens is 378 g/mol. The van der Waals surface area contributed by atoms with Crippen molar-refractivity contribution in [2.45, 2.75) is 138 Å². The standard InChI is InChI=1S/C25H43NO.2C2H6/c1-5-6-7-18-9-11-22-21-10-8-19-16-20(26-17(2)27)12-14-25(19,4)23(21)13-15-24(18,22)3;2*1-2/h18-23H,5-16H2,1-4H3,(H,26,27);2*1-2H3. The highest BCUT2D eigenvalue weighted by Gasteiger charge is 2.59. The number of hydrogen-bond donors (Lipinski definition) is 1. The summed E-state index contributed by atoms with van der Waals surface area (Å²) in [6, 6.07) is 0.441. The lowest BCUT2D eigenvalue weighted by molar-refractivity contribution is -0.125. The minimum absolute atomic E-state index is 0.162. The predicted octanol–water partition coefficient (Wildman–Crippen LogP) is 8.39. The third-order valence-corrected chi connectivity index (χ3v) is 10.2. The van der Waals surface area contributed by atoms with Crippen molar-refractivity contribution >= 4 is 5.91 Å². The highest BCUT2D eigenvalue weighted by atomic mass is 16.1. The lowest BCUT2D eigenvalue weighted by Crippen LogP contribution is -2.55. The summed E-state index contributed by atoms with van der Waals surface area (Å²) in [4.78, 5) is 11.5. The van der Waals surface area contributed by atoms with Gasteiger partial charge >= 0.3 is 0 Å². The Bertz CT molecular complexity index is 559.